The van der Waals surface area contributed by atoms with Gasteiger partial charge >= 0.3 is 5.69 Å². The average molecular weight is 427 g/mol. The van der Waals surface area contributed by atoms with Crippen molar-refractivity contribution in [1.29, 1.82) is 0 Å². The first-order valence-electron chi connectivity index (χ1n) is 10.2. The molecule has 4 aromatic heterocycles. The zero-order valence-corrected chi connectivity index (χ0v) is 17.9. The van der Waals surface area contributed by atoms with Crippen LogP contribution in [-0.4, -0.2) is 38.2 Å². The molecule has 0 amide bonds. The van der Waals surface area contributed by atoms with Gasteiger partial charge in [-0.25, -0.2) is 14.8 Å². The van der Waals surface area contributed by atoms with Crippen LogP contribution in [0.5, 0.6) is 11.8 Å². The van der Waals surface area contributed by atoms with Crippen molar-refractivity contribution in [3.05, 3.63) is 71.0 Å². The Morgan fingerprint density at radius 3 is 2.53 bits per heavy atom. The smallest absolute Gasteiger partial charge is 0.331 e. The van der Waals surface area contributed by atoms with Crippen molar-refractivity contribution < 1.29 is 9.47 Å². The predicted octanol–water partition coefficient (Wildman–Crippen LogP) is 4.04. The van der Waals surface area contributed by atoms with Crippen molar-refractivity contribution in [3.8, 4) is 28.6 Å². The maximum atomic E-state index is 12.9. The van der Waals surface area contributed by atoms with E-state index in [2.05, 4.69) is 19.9 Å². The third-order valence-corrected chi connectivity index (χ3v) is 5.35. The first-order valence-corrected chi connectivity index (χ1v) is 10.2. The summed E-state index contributed by atoms with van der Waals surface area (Å²) in [7, 11) is 1.57. The van der Waals surface area contributed by atoms with Gasteiger partial charge < -0.3 is 14.5 Å². The number of aromatic amines is 1. The Bertz CT molecular complexity index is 1500. The molecule has 0 aliphatic carbocycles. The fraction of sp³-hybridized carbons (Fsp3) is 0.167. The van der Waals surface area contributed by atoms with E-state index in [1.807, 2.05) is 50.2 Å². The highest BCUT2D eigenvalue weighted by atomic mass is 16.5. The molecule has 0 radical (unpaired) electrons. The number of nitrogens with zero attached hydrogens (tertiary/aromatic N) is 4. The molecular weight excluding hydrogens is 406 g/mol. The number of imidazole rings is 1. The summed E-state index contributed by atoms with van der Waals surface area (Å²) >= 11 is 0. The van der Waals surface area contributed by atoms with Crippen molar-refractivity contribution in [3.63, 3.8) is 0 Å². The number of fused-ring (bicyclic) bond motifs is 3. The molecule has 32 heavy (non-hydrogen) atoms. The van der Waals surface area contributed by atoms with Crippen LogP contribution in [0.2, 0.25) is 0 Å². The van der Waals surface area contributed by atoms with Gasteiger partial charge in [0.2, 0.25) is 11.8 Å². The highest BCUT2D eigenvalue weighted by Gasteiger charge is 2.16. The Kier molecular flexibility index (Phi) is 4.82. The number of pyridine rings is 3. The summed E-state index contributed by atoms with van der Waals surface area (Å²) < 4.78 is 12.3. The molecule has 0 atom stereocenters. The molecule has 160 valence electrons. The second-order valence-electron chi connectivity index (χ2n) is 7.29. The van der Waals surface area contributed by atoms with E-state index >= 15 is 0 Å². The van der Waals surface area contributed by atoms with Crippen LogP contribution in [-0.2, 0) is 0 Å². The number of hydrogen-bond acceptors (Lipinski definition) is 6. The monoisotopic (exact) mass is 427 g/mol. The molecule has 0 saturated heterocycles. The van der Waals surface area contributed by atoms with Crippen LogP contribution in [0.1, 0.15) is 12.6 Å². The van der Waals surface area contributed by atoms with Gasteiger partial charge in [-0.05, 0) is 43.7 Å². The second-order valence-corrected chi connectivity index (χ2v) is 7.29. The van der Waals surface area contributed by atoms with Crippen molar-refractivity contribution in [2.24, 2.45) is 0 Å². The minimum absolute atomic E-state index is 0.252. The number of nitrogens with one attached hydrogen (secondary N) is 1. The Hall–Kier alpha value is -4.20. The third-order valence-electron chi connectivity index (χ3n) is 5.35. The number of aromatic nitrogens is 5. The molecule has 1 N–H and O–H groups in total. The number of rotatable bonds is 5. The molecule has 0 aliphatic heterocycles. The van der Waals surface area contributed by atoms with Gasteiger partial charge in [0.15, 0.2) is 0 Å². The lowest BCUT2D eigenvalue weighted by molar-refractivity contribution is 0.327. The van der Waals surface area contributed by atoms with Crippen LogP contribution in [0.15, 0.2) is 59.7 Å². The fourth-order valence-electron chi connectivity index (χ4n) is 3.86. The largest absolute Gasteiger partial charge is 0.481 e. The molecule has 8 heteroatoms. The topological polar surface area (TPSA) is 94.9 Å². The normalized spacial score (nSPS) is 11.2. The first kappa shape index (κ1) is 19.7. The van der Waals surface area contributed by atoms with E-state index in [1.54, 1.807) is 30.1 Å². The molecule has 8 nitrogen and oxygen atoms in total. The molecule has 0 fully saturated rings. The Balaban J connectivity index is 1.73. The van der Waals surface area contributed by atoms with Gasteiger partial charge in [0.25, 0.3) is 0 Å². The van der Waals surface area contributed by atoms with E-state index < -0.39 is 0 Å². The van der Waals surface area contributed by atoms with E-state index in [1.165, 1.54) is 0 Å². The number of methoxy groups -OCH3 is 1. The summed E-state index contributed by atoms with van der Waals surface area (Å²) in [6.07, 6.45) is 3.46. The molecule has 0 saturated carbocycles. The highest BCUT2D eigenvalue weighted by Crippen LogP contribution is 2.30. The van der Waals surface area contributed by atoms with E-state index in [0.717, 1.165) is 27.5 Å². The number of benzene rings is 1. The maximum Gasteiger partial charge on any atom is 0.331 e. The molecule has 0 unspecified atom stereocenters. The summed E-state index contributed by atoms with van der Waals surface area (Å²) in [5.41, 5.74) is 5.21. The number of hydrogen-bond donors (Lipinski definition) is 1. The maximum absolute atomic E-state index is 12.9. The summed E-state index contributed by atoms with van der Waals surface area (Å²) in [6.45, 7) is 4.34. The van der Waals surface area contributed by atoms with Gasteiger partial charge in [0, 0.05) is 29.3 Å². The van der Waals surface area contributed by atoms with E-state index in [0.29, 0.717) is 35.3 Å². The highest BCUT2D eigenvalue weighted by molar-refractivity contribution is 6.04. The van der Waals surface area contributed by atoms with Crippen LogP contribution in [0, 0.1) is 6.92 Å². The lowest BCUT2D eigenvalue weighted by Crippen LogP contribution is -2.16. The summed E-state index contributed by atoms with van der Waals surface area (Å²) in [6, 6.07) is 13.4. The van der Waals surface area contributed by atoms with Gasteiger partial charge in [-0.2, -0.15) is 0 Å². The number of ether oxygens (including phenoxy) is 2. The molecule has 4 heterocycles. The average Bonchev–Trinajstić information content (AvgIpc) is 3.15. The predicted molar refractivity (Wildman–Crippen MR) is 123 cm³/mol. The second kappa shape index (κ2) is 7.81. The molecule has 0 aliphatic rings. The van der Waals surface area contributed by atoms with Gasteiger partial charge in [-0.1, -0.05) is 6.07 Å². The van der Waals surface area contributed by atoms with Crippen LogP contribution >= 0.6 is 0 Å². The van der Waals surface area contributed by atoms with Gasteiger partial charge in [-0.3, -0.25) is 9.55 Å². The number of H-pyrrole nitrogens is 1. The fourth-order valence-corrected chi connectivity index (χ4v) is 3.86. The lowest BCUT2D eigenvalue weighted by atomic mass is 10.0. The minimum atomic E-state index is -0.252. The minimum Gasteiger partial charge on any atom is -0.481 e. The first-order chi connectivity index (χ1) is 15.6. The molecule has 0 bridgehead atoms. The van der Waals surface area contributed by atoms with Crippen molar-refractivity contribution >= 4 is 21.9 Å². The van der Waals surface area contributed by atoms with Crippen molar-refractivity contribution in [1.82, 2.24) is 24.5 Å². The Morgan fingerprint density at radius 2 is 1.81 bits per heavy atom. The molecule has 5 aromatic rings. The zero-order chi connectivity index (χ0) is 22.2. The molecule has 5 rings (SSSR count). The molecule has 0 spiro atoms. The quantitative estimate of drug-likeness (QED) is 0.455. The van der Waals surface area contributed by atoms with Crippen LogP contribution in [0.4, 0.5) is 0 Å². The Labute approximate surface area is 183 Å². The van der Waals surface area contributed by atoms with Gasteiger partial charge in [0.1, 0.15) is 0 Å². The lowest BCUT2D eigenvalue weighted by Gasteiger charge is -2.10. The van der Waals surface area contributed by atoms with E-state index in [4.69, 9.17) is 9.47 Å². The van der Waals surface area contributed by atoms with Crippen molar-refractivity contribution in [2.75, 3.05) is 13.7 Å². The SMILES string of the molecule is CCOc1ccc(-c2ccc3ncc4[nH]c(=O)n(-c5ccc(OC)nc5C)c4c3c2)cn1. The van der Waals surface area contributed by atoms with Crippen molar-refractivity contribution in [2.45, 2.75) is 13.8 Å². The van der Waals surface area contributed by atoms with Gasteiger partial charge in [0.05, 0.1) is 47.8 Å². The van der Waals surface area contributed by atoms with Crippen LogP contribution in [0.25, 0.3) is 38.8 Å². The standard InChI is InChI=1S/C24H21N5O3/c1-4-32-21-9-6-16(12-26-21)15-5-7-18-17(11-15)23-19(13-25-18)28-24(30)29(23)20-8-10-22(31-3)27-14(20)2/h5-13H,4H2,1-3H3,(H,28,30). The van der Waals surface area contributed by atoms with E-state index in [-0.39, 0.29) is 5.69 Å². The number of aryl methyl sites for hydroxylation is 1. The van der Waals surface area contributed by atoms with Crippen LogP contribution in [0.3, 0.4) is 0 Å². The molecular formula is C24H21N5O3. The summed E-state index contributed by atoms with van der Waals surface area (Å²) in [5, 5.41) is 0.849. The third kappa shape index (κ3) is 3.26. The Morgan fingerprint density at radius 1 is 1.00 bits per heavy atom. The molecule has 1 aromatic carbocycles. The van der Waals surface area contributed by atoms with Crippen LogP contribution < -0.4 is 15.2 Å². The van der Waals surface area contributed by atoms with E-state index in [9.17, 15) is 4.79 Å². The summed E-state index contributed by atoms with van der Waals surface area (Å²) in [4.78, 5) is 29.2. The summed E-state index contributed by atoms with van der Waals surface area (Å²) in [5.74, 6) is 1.08. The zero-order valence-electron chi connectivity index (χ0n) is 17.9. The van der Waals surface area contributed by atoms with Gasteiger partial charge in [-0.15, -0.1) is 0 Å².